The third-order valence-electron chi connectivity index (χ3n) is 3.11. The second kappa shape index (κ2) is 6.18. The highest BCUT2D eigenvalue weighted by molar-refractivity contribution is 5.18. The SMILES string of the molecule is CC(C)NCC(OCC1CC1)c1ccccc1. The zero-order valence-electron chi connectivity index (χ0n) is 10.9. The highest BCUT2D eigenvalue weighted by atomic mass is 16.5. The van der Waals surface area contributed by atoms with E-state index < -0.39 is 0 Å². The monoisotopic (exact) mass is 233 g/mol. The van der Waals surface area contributed by atoms with Crippen molar-refractivity contribution in [1.29, 1.82) is 0 Å². The standard InChI is InChI=1S/C15H23NO/c1-12(2)16-10-15(17-11-13-8-9-13)14-6-4-3-5-7-14/h3-7,12-13,15-16H,8-11H2,1-2H3. The summed E-state index contributed by atoms with van der Waals surface area (Å²) < 4.78 is 6.04. The predicted octanol–water partition coefficient (Wildman–Crippen LogP) is 3.15. The van der Waals surface area contributed by atoms with Gasteiger partial charge in [0, 0.05) is 12.6 Å². The predicted molar refractivity (Wildman–Crippen MR) is 71.0 cm³/mol. The van der Waals surface area contributed by atoms with Gasteiger partial charge in [-0.1, -0.05) is 44.2 Å². The molecule has 0 amide bonds. The Morgan fingerprint density at radius 3 is 2.53 bits per heavy atom. The van der Waals surface area contributed by atoms with E-state index in [-0.39, 0.29) is 6.10 Å². The number of hydrogen-bond donors (Lipinski definition) is 1. The van der Waals surface area contributed by atoms with E-state index in [4.69, 9.17) is 4.74 Å². The number of hydrogen-bond acceptors (Lipinski definition) is 2. The molecule has 0 spiro atoms. The van der Waals surface area contributed by atoms with E-state index in [1.807, 2.05) is 0 Å². The third kappa shape index (κ3) is 4.49. The molecule has 1 N–H and O–H groups in total. The second-order valence-corrected chi connectivity index (χ2v) is 5.24. The average Bonchev–Trinajstić information content (AvgIpc) is 3.14. The van der Waals surface area contributed by atoms with E-state index in [2.05, 4.69) is 49.5 Å². The normalized spacial score (nSPS) is 17.4. The van der Waals surface area contributed by atoms with Gasteiger partial charge in [0.25, 0.3) is 0 Å². The minimum Gasteiger partial charge on any atom is -0.372 e. The molecule has 1 fully saturated rings. The summed E-state index contributed by atoms with van der Waals surface area (Å²) in [5, 5.41) is 3.46. The van der Waals surface area contributed by atoms with Crippen LogP contribution >= 0.6 is 0 Å². The Morgan fingerprint density at radius 1 is 1.24 bits per heavy atom. The first-order valence-electron chi connectivity index (χ1n) is 6.65. The van der Waals surface area contributed by atoms with Crippen molar-refractivity contribution in [3.05, 3.63) is 35.9 Å². The molecule has 0 heterocycles. The van der Waals surface area contributed by atoms with Gasteiger partial charge in [-0.2, -0.15) is 0 Å². The Balaban J connectivity index is 1.90. The highest BCUT2D eigenvalue weighted by Crippen LogP contribution is 2.31. The summed E-state index contributed by atoms with van der Waals surface area (Å²) in [5.41, 5.74) is 1.28. The van der Waals surface area contributed by atoms with Crippen LogP contribution in [0.25, 0.3) is 0 Å². The van der Waals surface area contributed by atoms with Crippen molar-refractivity contribution in [3.8, 4) is 0 Å². The number of benzene rings is 1. The van der Waals surface area contributed by atoms with Crippen LogP contribution in [0.5, 0.6) is 0 Å². The van der Waals surface area contributed by atoms with Gasteiger partial charge < -0.3 is 10.1 Å². The Labute approximate surface area is 104 Å². The van der Waals surface area contributed by atoms with E-state index in [0.29, 0.717) is 6.04 Å². The van der Waals surface area contributed by atoms with Crippen molar-refractivity contribution in [3.63, 3.8) is 0 Å². The molecule has 2 nitrogen and oxygen atoms in total. The number of nitrogens with one attached hydrogen (secondary N) is 1. The first-order chi connectivity index (χ1) is 8.25. The molecule has 1 unspecified atom stereocenters. The average molecular weight is 233 g/mol. The number of ether oxygens (including phenoxy) is 1. The lowest BCUT2D eigenvalue weighted by molar-refractivity contribution is 0.0440. The maximum Gasteiger partial charge on any atom is 0.0949 e. The fourth-order valence-electron chi connectivity index (χ4n) is 1.82. The lowest BCUT2D eigenvalue weighted by Gasteiger charge is -2.20. The molecule has 0 bridgehead atoms. The Hall–Kier alpha value is -0.860. The van der Waals surface area contributed by atoms with Gasteiger partial charge in [0.1, 0.15) is 0 Å². The van der Waals surface area contributed by atoms with Gasteiger partial charge in [0.05, 0.1) is 12.7 Å². The van der Waals surface area contributed by atoms with Crippen LogP contribution < -0.4 is 5.32 Å². The van der Waals surface area contributed by atoms with Crippen LogP contribution in [0.3, 0.4) is 0 Å². The maximum atomic E-state index is 6.04. The van der Waals surface area contributed by atoms with Crippen LogP contribution in [0.15, 0.2) is 30.3 Å². The molecule has 0 aliphatic heterocycles. The molecule has 17 heavy (non-hydrogen) atoms. The van der Waals surface area contributed by atoms with Crippen molar-refractivity contribution in [1.82, 2.24) is 5.32 Å². The molecule has 0 radical (unpaired) electrons. The van der Waals surface area contributed by atoms with Crippen LogP contribution in [0.4, 0.5) is 0 Å². The minimum atomic E-state index is 0.194. The van der Waals surface area contributed by atoms with Crippen LogP contribution in [-0.4, -0.2) is 19.2 Å². The molecule has 1 aliphatic carbocycles. The van der Waals surface area contributed by atoms with Gasteiger partial charge in [-0.3, -0.25) is 0 Å². The van der Waals surface area contributed by atoms with E-state index in [1.54, 1.807) is 0 Å². The van der Waals surface area contributed by atoms with Crippen molar-refractivity contribution >= 4 is 0 Å². The quantitative estimate of drug-likeness (QED) is 0.781. The smallest absolute Gasteiger partial charge is 0.0949 e. The molecular formula is C15H23NO. The molecule has 0 saturated heterocycles. The first kappa shape index (κ1) is 12.6. The first-order valence-corrected chi connectivity index (χ1v) is 6.65. The molecular weight excluding hydrogens is 210 g/mol. The van der Waals surface area contributed by atoms with Crippen LogP contribution in [-0.2, 0) is 4.74 Å². The van der Waals surface area contributed by atoms with Gasteiger partial charge in [0.15, 0.2) is 0 Å². The molecule has 2 rings (SSSR count). The van der Waals surface area contributed by atoms with Gasteiger partial charge in [-0.15, -0.1) is 0 Å². The molecule has 1 saturated carbocycles. The Bertz CT molecular complexity index is 313. The molecule has 1 atom stereocenters. The van der Waals surface area contributed by atoms with Crippen molar-refractivity contribution < 1.29 is 4.74 Å². The van der Waals surface area contributed by atoms with Crippen LogP contribution in [0, 0.1) is 5.92 Å². The lowest BCUT2D eigenvalue weighted by Crippen LogP contribution is -2.29. The Morgan fingerprint density at radius 2 is 1.94 bits per heavy atom. The summed E-state index contributed by atoms with van der Waals surface area (Å²) >= 11 is 0. The summed E-state index contributed by atoms with van der Waals surface area (Å²) in [6, 6.07) is 11.0. The summed E-state index contributed by atoms with van der Waals surface area (Å²) in [5.74, 6) is 0.820. The van der Waals surface area contributed by atoms with E-state index >= 15 is 0 Å². The summed E-state index contributed by atoms with van der Waals surface area (Å²) in [6.07, 6.45) is 2.89. The molecule has 94 valence electrons. The fraction of sp³-hybridized carbons (Fsp3) is 0.600. The van der Waals surface area contributed by atoms with E-state index in [9.17, 15) is 0 Å². The van der Waals surface area contributed by atoms with Gasteiger partial charge >= 0.3 is 0 Å². The molecule has 1 aliphatic rings. The lowest BCUT2D eigenvalue weighted by atomic mass is 10.1. The summed E-state index contributed by atoms with van der Waals surface area (Å²) in [6.45, 7) is 6.15. The summed E-state index contributed by atoms with van der Waals surface area (Å²) in [7, 11) is 0. The van der Waals surface area contributed by atoms with Crippen molar-refractivity contribution in [2.45, 2.75) is 38.8 Å². The van der Waals surface area contributed by atoms with Gasteiger partial charge in [0.2, 0.25) is 0 Å². The molecule has 0 aromatic heterocycles. The van der Waals surface area contributed by atoms with Crippen molar-refractivity contribution in [2.24, 2.45) is 5.92 Å². The van der Waals surface area contributed by atoms with Crippen LogP contribution in [0.1, 0.15) is 38.4 Å². The van der Waals surface area contributed by atoms with Gasteiger partial charge in [-0.25, -0.2) is 0 Å². The van der Waals surface area contributed by atoms with Gasteiger partial charge in [-0.05, 0) is 24.3 Å². The zero-order chi connectivity index (χ0) is 12.1. The van der Waals surface area contributed by atoms with Crippen molar-refractivity contribution in [2.75, 3.05) is 13.2 Å². The summed E-state index contributed by atoms with van der Waals surface area (Å²) in [4.78, 5) is 0. The largest absolute Gasteiger partial charge is 0.372 e. The zero-order valence-corrected chi connectivity index (χ0v) is 10.9. The highest BCUT2D eigenvalue weighted by Gasteiger charge is 2.23. The molecule has 2 heteroatoms. The Kier molecular flexibility index (Phi) is 4.57. The number of rotatable bonds is 7. The molecule has 1 aromatic carbocycles. The fourth-order valence-corrected chi connectivity index (χ4v) is 1.82. The third-order valence-corrected chi connectivity index (χ3v) is 3.11. The van der Waals surface area contributed by atoms with E-state index in [0.717, 1.165) is 19.1 Å². The maximum absolute atomic E-state index is 6.04. The molecule has 1 aromatic rings. The second-order valence-electron chi connectivity index (χ2n) is 5.24. The van der Waals surface area contributed by atoms with E-state index in [1.165, 1.54) is 18.4 Å². The minimum absolute atomic E-state index is 0.194. The topological polar surface area (TPSA) is 21.3 Å². The van der Waals surface area contributed by atoms with Crippen LogP contribution in [0.2, 0.25) is 0 Å².